The topological polar surface area (TPSA) is 42.9 Å². The standard InChI is InChI=1S/C20H35N5/c1-5-24-10-12-25(13-11-24)16-18(3)14-22-20(21-4)23-15-19-8-6-17(2)7-9-19/h6-9,18H,5,10-16H2,1-4H3,(H2,21,22,23). The number of nitrogens with zero attached hydrogens (tertiary/aromatic N) is 3. The number of aryl methyl sites for hydroxylation is 1. The molecule has 5 nitrogen and oxygen atoms in total. The SMILES string of the molecule is CCN1CCN(CC(C)CNC(=NC)NCc2ccc(C)cc2)CC1. The van der Waals surface area contributed by atoms with E-state index in [0.717, 1.165) is 25.6 Å². The summed E-state index contributed by atoms with van der Waals surface area (Å²) >= 11 is 0. The third kappa shape index (κ3) is 7.04. The fourth-order valence-electron chi connectivity index (χ4n) is 3.18. The summed E-state index contributed by atoms with van der Waals surface area (Å²) in [5.41, 5.74) is 2.57. The van der Waals surface area contributed by atoms with Gasteiger partial charge in [-0.3, -0.25) is 4.99 Å². The van der Waals surface area contributed by atoms with E-state index in [-0.39, 0.29) is 0 Å². The van der Waals surface area contributed by atoms with Gasteiger partial charge in [-0.2, -0.15) is 0 Å². The zero-order chi connectivity index (χ0) is 18.1. The fraction of sp³-hybridized carbons (Fsp3) is 0.650. The quantitative estimate of drug-likeness (QED) is 0.585. The number of aliphatic imine (C=N–C) groups is 1. The molecule has 1 aromatic rings. The number of rotatable bonds is 7. The molecule has 1 aliphatic heterocycles. The first kappa shape index (κ1) is 19.7. The average Bonchev–Trinajstić information content (AvgIpc) is 2.64. The van der Waals surface area contributed by atoms with Gasteiger partial charge in [0, 0.05) is 52.9 Å². The average molecular weight is 346 g/mol. The Morgan fingerprint density at radius 3 is 2.32 bits per heavy atom. The molecule has 0 saturated carbocycles. The Balaban J connectivity index is 1.66. The molecule has 2 N–H and O–H groups in total. The molecule has 1 atom stereocenters. The number of benzene rings is 1. The Labute approximate surface area is 153 Å². The summed E-state index contributed by atoms with van der Waals surface area (Å²) in [4.78, 5) is 9.44. The van der Waals surface area contributed by atoms with Crippen molar-refractivity contribution in [3.05, 3.63) is 35.4 Å². The van der Waals surface area contributed by atoms with E-state index in [1.807, 2.05) is 7.05 Å². The van der Waals surface area contributed by atoms with E-state index in [1.165, 1.54) is 43.9 Å². The summed E-state index contributed by atoms with van der Waals surface area (Å²) < 4.78 is 0. The number of piperazine rings is 1. The molecule has 1 saturated heterocycles. The zero-order valence-electron chi connectivity index (χ0n) is 16.4. The first-order valence-electron chi connectivity index (χ1n) is 9.55. The Morgan fingerprint density at radius 2 is 1.72 bits per heavy atom. The second-order valence-corrected chi connectivity index (χ2v) is 7.13. The summed E-state index contributed by atoms with van der Waals surface area (Å²) in [7, 11) is 1.83. The number of likely N-dealkylation sites (N-methyl/N-ethyl adjacent to an activating group) is 1. The van der Waals surface area contributed by atoms with Crippen LogP contribution in [0.1, 0.15) is 25.0 Å². The highest BCUT2D eigenvalue weighted by molar-refractivity contribution is 5.79. The predicted octanol–water partition coefficient (Wildman–Crippen LogP) is 1.93. The summed E-state index contributed by atoms with van der Waals surface area (Å²) in [5.74, 6) is 1.48. The van der Waals surface area contributed by atoms with E-state index in [1.54, 1.807) is 0 Å². The molecule has 1 aliphatic rings. The molecular formula is C20H35N5. The number of hydrogen-bond acceptors (Lipinski definition) is 3. The summed E-state index contributed by atoms with van der Waals surface area (Å²) in [5, 5.41) is 6.86. The summed E-state index contributed by atoms with van der Waals surface area (Å²) in [6.07, 6.45) is 0. The molecule has 0 radical (unpaired) electrons. The van der Waals surface area contributed by atoms with Crippen LogP contribution in [0.2, 0.25) is 0 Å². The van der Waals surface area contributed by atoms with Crippen molar-refractivity contribution in [3.63, 3.8) is 0 Å². The molecule has 140 valence electrons. The largest absolute Gasteiger partial charge is 0.356 e. The van der Waals surface area contributed by atoms with Gasteiger partial charge in [-0.1, -0.05) is 43.7 Å². The van der Waals surface area contributed by atoms with Crippen molar-refractivity contribution in [2.24, 2.45) is 10.9 Å². The van der Waals surface area contributed by atoms with Crippen LogP contribution in [-0.2, 0) is 6.54 Å². The zero-order valence-corrected chi connectivity index (χ0v) is 16.4. The van der Waals surface area contributed by atoms with E-state index in [9.17, 15) is 0 Å². The van der Waals surface area contributed by atoms with Crippen molar-refractivity contribution in [2.45, 2.75) is 27.3 Å². The molecule has 0 bridgehead atoms. The lowest BCUT2D eigenvalue weighted by Crippen LogP contribution is -2.48. The molecule has 1 aromatic carbocycles. The highest BCUT2D eigenvalue weighted by Gasteiger charge is 2.17. The smallest absolute Gasteiger partial charge is 0.191 e. The molecule has 0 aliphatic carbocycles. The Morgan fingerprint density at radius 1 is 1.08 bits per heavy atom. The van der Waals surface area contributed by atoms with Crippen LogP contribution in [0, 0.1) is 12.8 Å². The normalized spacial score (nSPS) is 18.2. The third-order valence-corrected chi connectivity index (χ3v) is 4.90. The van der Waals surface area contributed by atoms with Crippen LogP contribution in [0.25, 0.3) is 0 Å². The van der Waals surface area contributed by atoms with Crippen molar-refractivity contribution in [2.75, 3.05) is 52.9 Å². The number of nitrogens with one attached hydrogen (secondary N) is 2. The van der Waals surface area contributed by atoms with Gasteiger partial charge in [0.05, 0.1) is 0 Å². The lowest BCUT2D eigenvalue weighted by atomic mass is 10.1. The maximum absolute atomic E-state index is 4.33. The van der Waals surface area contributed by atoms with Crippen LogP contribution in [0.3, 0.4) is 0 Å². The van der Waals surface area contributed by atoms with Crippen molar-refractivity contribution in [1.29, 1.82) is 0 Å². The lowest BCUT2D eigenvalue weighted by molar-refractivity contribution is 0.124. The molecular weight excluding hydrogens is 310 g/mol. The third-order valence-electron chi connectivity index (χ3n) is 4.90. The van der Waals surface area contributed by atoms with Gasteiger partial charge in [0.15, 0.2) is 5.96 Å². The number of hydrogen-bond donors (Lipinski definition) is 2. The molecule has 5 heteroatoms. The molecule has 0 aromatic heterocycles. The van der Waals surface area contributed by atoms with E-state index < -0.39 is 0 Å². The van der Waals surface area contributed by atoms with E-state index >= 15 is 0 Å². The van der Waals surface area contributed by atoms with Crippen LogP contribution in [0.15, 0.2) is 29.3 Å². The summed E-state index contributed by atoms with van der Waals surface area (Å²) in [6.45, 7) is 15.5. The van der Waals surface area contributed by atoms with Gasteiger partial charge >= 0.3 is 0 Å². The molecule has 1 fully saturated rings. The Bertz CT molecular complexity index is 517. The highest BCUT2D eigenvalue weighted by atomic mass is 15.3. The predicted molar refractivity (Wildman–Crippen MR) is 107 cm³/mol. The van der Waals surface area contributed by atoms with Crippen molar-refractivity contribution in [3.8, 4) is 0 Å². The van der Waals surface area contributed by atoms with Crippen molar-refractivity contribution >= 4 is 5.96 Å². The van der Waals surface area contributed by atoms with Gasteiger partial charge < -0.3 is 20.4 Å². The summed E-state index contributed by atoms with van der Waals surface area (Å²) in [6, 6.07) is 8.61. The van der Waals surface area contributed by atoms with E-state index in [2.05, 4.69) is 70.5 Å². The van der Waals surface area contributed by atoms with E-state index in [0.29, 0.717) is 5.92 Å². The van der Waals surface area contributed by atoms with Crippen LogP contribution in [0.5, 0.6) is 0 Å². The van der Waals surface area contributed by atoms with Gasteiger partial charge in [-0.25, -0.2) is 0 Å². The highest BCUT2D eigenvalue weighted by Crippen LogP contribution is 2.05. The minimum absolute atomic E-state index is 0.603. The van der Waals surface area contributed by atoms with Gasteiger partial charge in [-0.05, 0) is 24.9 Å². The molecule has 2 rings (SSSR count). The maximum atomic E-state index is 4.33. The van der Waals surface area contributed by atoms with Crippen LogP contribution in [-0.4, -0.2) is 68.6 Å². The van der Waals surface area contributed by atoms with E-state index in [4.69, 9.17) is 0 Å². The monoisotopic (exact) mass is 345 g/mol. The molecule has 25 heavy (non-hydrogen) atoms. The first-order chi connectivity index (χ1) is 12.1. The number of guanidine groups is 1. The molecule has 1 unspecified atom stereocenters. The second kappa shape index (κ2) is 10.4. The lowest BCUT2D eigenvalue weighted by Gasteiger charge is -2.35. The van der Waals surface area contributed by atoms with Crippen molar-refractivity contribution < 1.29 is 0 Å². The Kier molecular flexibility index (Phi) is 8.22. The van der Waals surface area contributed by atoms with Crippen molar-refractivity contribution in [1.82, 2.24) is 20.4 Å². The Hall–Kier alpha value is -1.59. The fourth-order valence-corrected chi connectivity index (χ4v) is 3.18. The molecule has 1 heterocycles. The van der Waals surface area contributed by atoms with Crippen LogP contribution >= 0.6 is 0 Å². The van der Waals surface area contributed by atoms with Gasteiger partial charge in [0.1, 0.15) is 0 Å². The van der Waals surface area contributed by atoms with Gasteiger partial charge in [0.2, 0.25) is 0 Å². The van der Waals surface area contributed by atoms with Gasteiger partial charge in [-0.15, -0.1) is 0 Å². The van der Waals surface area contributed by atoms with Crippen LogP contribution < -0.4 is 10.6 Å². The maximum Gasteiger partial charge on any atom is 0.191 e. The first-order valence-corrected chi connectivity index (χ1v) is 9.55. The van der Waals surface area contributed by atoms with Crippen LogP contribution in [0.4, 0.5) is 0 Å². The molecule has 0 spiro atoms. The second-order valence-electron chi connectivity index (χ2n) is 7.13. The molecule has 0 amide bonds. The minimum Gasteiger partial charge on any atom is -0.356 e. The minimum atomic E-state index is 0.603. The van der Waals surface area contributed by atoms with Gasteiger partial charge in [0.25, 0.3) is 0 Å².